The molecule has 0 unspecified atom stereocenters. The Bertz CT molecular complexity index is 640. The molecule has 0 saturated carbocycles. The van der Waals surface area contributed by atoms with E-state index in [0.717, 1.165) is 0 Å². The molecular formula is C17H17NO4. The van der Waals surface area contributed by atoms with Gasteiger partial charge in [0.2, 0.25) is 0 Å². The Morgan fingerprint density at radius 2 is 1.68 bits per heavy atom. The summed E-state index contributed by atoms with van der Waals surface area (Å²) in [5.74, 6) is 0.450. The van der Waals surface area contributed by atoms with Crippen LogP contribution in [0.3, 0.4) is 0 Å². The third kappa shape index (κ3) is 4.34. The van der Waals surface area contributed by atoms with Gasteiger partial charge in [0.05, 0.1) is 19.1 Å². The Labute approximate surface area is 128 Å². The molecule has 1 N–H and O–H groups in total. The summed E-state index contributed by atoms with van der Waals surface area (Å²) in [6.07, 6.45) is 0.129. The van der Waals surface area contributed by atoms with Crippen LogP contribution in [0.2, 0.25) is 0 Å². The van der Waals surface area contributed by atoms with E-state index >= 15 is 0 Å². The molecule has 0 aliphatic carbocycles. The first-order chi connectivity index (χ1) is 10.7. The topological polar surface area (TPSA) is 64.6 Å². The van der Waals surface area contributed by atoms with Crippen molar-refractivity contribution < 1.29 is 19.1 Å². The molecule has 5 nitrogen and oxygen atoms in total. The maximum atomic E-state index is 12.2. The van der Waals surface area contributed by atoms with E-state index in [2.05, 4.69) is 10.1 Å². The van der Waals surface area contributed by atoms with Crippen LogP contribution in [0.4, 0.5) is 0 Å². The second kappa shape index (κ2) is 7.83. The molecule has 0 bridgehead atoms. The van der Waals surface area contributed by atoms with Crippen molar-refractivity contribution in [2.75, 3.05) is 13.7 Å². The van der Waals surface area contributed by atoms with Crippen LogP contribution >= 0.6 is 0 Å². The van der Waals surface area contributed by atoms with Gasteiger partial charge in [0.15, 0.2) is 0 Å². The van der Waals surface area contributed by atoms with E-state index in [9.17, 15) is 9.59 Å². The molecular weight excluding hydrogens is 282 g/mol. The number of methoxy groups -OCH3 is 1. The lowest BCUT2D eigenvalue weighted by molar-refractivity contribution is -0.140. The molecule has 22 heavy (non-hydrogen) atoms. The largest absolute Gasteiger partial charge is 0.469 e. The molecule has 1 amide bonds. The van der Waals surface area contributed by atoms with E-state index in [1.807, 2.05) is 30.3 Å². The van der Waals surface area contributed by atoms with E-state index < -0.39 is 0 Å². The monoisotopic (exact) mass is 299 g/mol. The highest BCUT2D eigenvalue weighted by Crippen LogP contribution is 2.24. The van der Waals surface area contributed by atoms with Crippen molar-refractivity contribution >= 4 is 11.9 Å². The van der Waals surface area contributed by atoms with E-state index in [4.69, 9.17) is 4.74 Å². The number of ether oxygens (including phenoxy) is 2. The van der Waals surface area contributed by atoms with Crippen molar-refractivity contribution in [1.29, 1.82) is 0 Å². The lowest BCUT2D eigenvalue weighted by atomic mass is 10.2. The van der Waals surface area contributed by atoms with Crippen LogP contribution in [-0.2, 0) is 9.53 Å². The molecule has 0 aliphatic rings. The van der Waals surface area contributed by atoms with Gasteiger partial charge in [0.1, 0.15) is 11.5 Å². The van der Waals surface area contributed by atoms with Crippen LogP contribution in [0.25, 0.3) is 0 Å². The molecule has 0 spiro atoms. The molecule has 0 radical (unpaired) electrons. The molecule has 2 aromatic rings. The zero-order valence-electron chi connectivity index (χ0n) is 12.2. The third-order valence-electron chi connectivity index (χ3n) is 2.95. The molecule has 0 fully saturated rings. The molecule has 0 aliphatic heterocycles. The minimum absolute atomic E-state index is 0.129. The number of hydrogen-bond donors (Lipinski definition) is 1. The van der Waals surface area contributed by atoms with E-state index in [1.54, 1.807) is 24.3 Å². The van der Waals surface area contributed by atoms with Gasteiger partial charge in [-0.15, -0.1) is 0 Å². The van der Waals surface area contributed by atoms with Crippen molar-refractivity contribution in [3.63, 3.8) is 0 Å². The Kier molecular flexibility index (Phi) is 5.54. The molecule has 0 heterocycles. The minimum Gasteiger partial charge on any atom is -0.469 e. The van der Waals surface area contributed by atoms with Gasteiger partial charge in [-0.2, -0.15) is 0 Å². The minimum atomic E-state index is -0.367. The van der Waals surface area contributed by atoms with Gasteiger partial charge in [0, 0.05) is 6.54 Å². The number of amides is 1. The number of carbonyl (C=O) groups excluding carboxylic acids is 2. The van der Waals surface area contributed by atoms with Crippen LogP contribution in [0.5, 0.6) is 11.5 Å². The summed E-state index contributed by atoms with van der Waals surface area (Å²) in [6, 6.07) is 16.2. The van der Waals surface area contributed by atoms with E-state index in [0.29, 0.717) is 17.1 Å². The summed E-state index contributed by atoms with van der Waals surface area (Å²) in [5, 5.41) is 2.67. The smallest absolute Gasteiger partial charge is 0.307 e. The Morgan fingerprint density at radius 3 is 2.41 bits per heavy atom. The number of benzene rings is 2. The summed E-state index contributed by atoms with van der Waals surface area (Å²) in [6.45, 7) is 0.213. The number of hydrogen-bond acceptors (Lipinski definition) is 4. The Balaban J connectivity index is 2.04. The normalized spacial score (nSPS) is 9.86. The lowest BCUT2D eigenvalue weighted by Gasteiger charge is -2.11. The van der Waals surface area contributed by atoms with Crippen LogP contribution in [0, 0.1) is 0 Å². The summed E-state index contributed by atoms with van der Waals surface area (Å²) in [4.78, 5) is 23.2. The van der Waals surface area contributed by atoms with Gasteiger partial charge in [-0.25, -0.2) is 0 Å². The van der Waals surface area contributed by atoms with Gasteiger partial charge in [-0.1, -0.05) is 30.3 Å². The van der Waals surface area contributed by atoms with Gasteiger partial charge in [-0.05, 0) is 24.3 Å². The van der Waals surface area contributed by atoms with Crippen molar-refractivity contribution in [2.45, 2.75) is 6.42 Å². The first-order valence-corrected chi connectivity index (χ1v) is 6.87. The number of nitrogens with one attached hydrogen (secondary N) is 1. The van der Waals surface area contributed by atoms with E-state index in [1.165, 1.54) is 7.11 Å². The zero-order chi connectivity index (χ0) is 15.8. The molecule has 0 aromatic heterocycles. The van der Waals surface area contributed by atoms with Gasteiger partial charge < -0.3 is 14.8 Å². The third-order valence-corrected chi connectivity index (χ3v) is 2.95. The van der Waals surface area contributed by atoms with Crippen LogP contribution in [-0.4, -0.2) is 25.5 Å². The maximum absolute atomic E-state index is 12.2. The van der Waals surface area contributed by atoms with Crippen LogP contribution < -0.4 is 10.1 Å². The van der Waals surface area contributed by atoms with Crippen molar-refractivity contribution in [3.05, 3.63) is 60.2 Å². The zero-order valence-corrected chi connectivity index (χ0v) is 12.2. The summed E-state index contributed by atoms with van der Waals surface area (Å²) in [5.41, 5.74) is 0.413. The fraction of sp³-hybridized carbons (Fsp3) is 0.176. The van der Waals surface area contributed by atoms with Crippen molar-refractivity contribution in [1.82, 2.24) is 5.32 Å². The first kappa shape index (κ1) is 15.6. The fourth-order valence-corrected chi connectivity index (χ4v) is 1.83. The predicted molar refractivity (Wildman–Crippen MR) is 81.9 cm³/mol. The van der Waals surface area contributed by atoms with Crippen molar-refractivity contribution in [2.24, 2.45) is 0 Å². The molecule has 0 atom stereocenters. The van der Waals surface area contributed by atoms with Crippen LogP contribution in [0.15, 0.2) is 54.6 Å². The highest BCUT2D eigenvalue weighted by atomic mass is 16.5. The predicted octanol–water partition coefficient (Wildman–Crippen LogP) is 2.77. The van der Waals surface area contributed by atoms with Gasteiger partial charge in [0.25, 0.3) is 5.91 Å². The maximum Gasteiger partial charge on any atom is 0.307 e. The van der Waals surface area contributed by atoms with Gasteiger partial charge in [-0.3, -0.25) is 9.59 Å². The Morgan fingerprint density at radius 1 is 1.00 bits per heavy atom. The summed E-state index contributed by atoms with van der Waals surface area (Å²) in [7, 11) is 1.31. The lowest BCUT2D eigenvalue weighted by Crippen LogP contribution is -2.26. The second-order valence-corrected chi connectivity index (χ2v) is 4.49. The fourth-order valence-electron chi connectivity index (χ4n) is 1.83. The Hall–Kier alpha value is -2.82. The number of carbonyl (C=O) groups is 2. The molecule has 114 valence electrons. The van der Waals surface area contributed by atoms with Crippen molar-refractivity contribution in [3.8, 4) is 11.5 Å². The average molecular weight is 299 g/mol. The average Bonchev–Trinajstić information content (AvgIpc) is 2.56. The number of rotatable bonds is 6. The second-order valence-electron chi connectivity index (χ2n) is 4.49. The summed E-state index contributed by atoms with van der Waals surface area (Å²) >= 11 is 0. The van der Waals surface area contributed by atoms with E-state index in [-0.39, 0.29) is 24.8 Å². The molecule has 2 aromatic carbocycles. The number of para-hydroxylation sites is 2. The number of esters is 1. The highest BCUT2D eigenvalue weighted by Gasteiger charge is 2.12. The first-order valence-electron chi connectivity index (χ1n) is 6.87. The summed E-state index contributed by atoms with van der Waals surface area (Å²) < 4.78 is 10.3. The van der Waals surface area contributed by atoms with Crippen LogP contribution in [0.1, 0.15) is 16.8 Å². The SMILES string of the molecule is COC(=O)CCNC(=O)c1ccccc1Oc1ccccc1. The molecule has 2 rings (SSSR count). The quantitative estimate of drug-likeness (QED) is 0.833. The van der Waals surface area contributed by atoms with Gasteiger partial charge >= 0.3 is 5.97 Å². The molecule has 5 heteroatoms. The highest BCUT2D eigenvalue weighted by molar-refractivity contribution is 5.97. The standard InChI is InChI=1S/C17H17NO4/c1-21-16(19)11-12-18-17(20)14-9-5-6-10-15(14)22-13-7-3-2-4-8-13/h2-10H,11-12H2,1H3,(H,18,20). The molecule has 0 saturated heterocycles.